The van der Waals surface area contributed by atoms with E-state index in [9.17, 15) is 9.59 Å². The number of rotatable bonds is 8. The fraction of sp³-hybridized carbons (Fsp3) is 0.412. The van der Waals surface area contributed by atoms with Crippen molar-refractivity contribution in [3.05, 3.63) is 95.6 Å². The van der Waals surface area contributed by atoms with Crippen LogP contribution < -0.4 is 9.47 Å². The van der Waals surface area contributed by atoms with Gasteiger partial charge in [-0.15, -0.1) is 0 Å². The number of fused-ring (bicyclic) bond motifs is 1. The zero-order chi connectivity index (χ0) is 28.9. The van der Waals surface area contributed by atoms with E-state index < -0.39 is 0 Å². The van der Waals surface area contributed by atoms with Crippen LogP contribution in [0.4, 0.5) is 0 Å². The Morgan fingerprint density at radius 1 is 0.878 bits per heavy atom. The Kier molecular flexibility index (Phi) is 11.6. The Morgan fingerprint density at radius 2 is 1.59 bits per heavy atom. The Morgan fingerprint density at radius 3 is 2.37 bits per heavy atom. The van der Waals surface area contributed by atoms with Gasteiger partial charge in [-0.2, -0.15) is 0 Å². The third-order valence-corrected chi connectivity index (χ3v) is 7.59. The fourth-order valence-corrected chi connectivity index (χ4v) is 5.35. The summed E-state index contributed by atoms with van der Waals surface area (Å²) in [6, 6.07) is 25.1. The lowest BCUT2D eigenvalue weighted by molar-refractivity contribution is -0.133. The zero-order valence-electron chi connectivity index (χ0n) is 24.3. The predicted octanol–water partition coefficient (Wildman–Crippen LogP) is 5.42. The average Bonchev–Trinajstić information content (AvgIpc) is 3.00. The molecular formula is C34H42N2O5. The SMILES string of the molecule is COCCN1CCCCCCN(C(=O)Cc2ccccc2OC)[C@@H](Cc2ccccc2)COc2ccccc2C1=O. The van der Waals surface area contributed by atoms with Crippen molar-refractivity contribution in [2.45, 2.75) is 44.6 Å². The first-order valence-electron chi connectivity index (χ1n) is 14.6. The van der Waals surface area contributed by atoms with Crippen LogP contribution in [0, 0.1) is 0 Å². The van der Waals surface area contributed by atoms with E-state index in [0.29, 0.717) is 49.7 Å². The molecule has 7 nitrogen and oxygen atoms in total. The molecule has 1 aliphatic heterocycles. The number of nitrogens with zero attached hydrogens (tertiary/aromatic N) is 2. The van der Waals surface area contributed by atoms with Crippen molar-refractivity contribution in [3.63, 3.8) is 0 Å². The van der Waals surface area contributed by atoms with E-state index in [1.807, 2.05) is 76.5 Å². The highest BCUT2D eigenvalue weighted by atomic mass is 16.5. The third kappa shape index (κ3) is 8.57. The summed E-state index contributed by atoms with van der Waals surface area (Å²) in [7, 11) is 3.28. The van der Waals surface area contributed by atoms with Gasteiger partial charge in [0.2, 0.25) is 5.91 Å². The van der Waals surface area contributed by atoms with Crippen LogP contribution in [0.5, 0.6) is 11.5 Å². The Balaban J connectivity index is 1.65. The number of benzene rings is 3. The summed E-state index contributed by atoms with van der Waals surface area (Å²) in [5.41, 5.74) is 2.53. The minimum atomic E-state index is -0.213. The maximum absolute atomic E-state index is 14.0. The quantitative estimate of drug-likeness (QED) is 0.369. The summed E-state index contributed by atoms with van der Waals surface area (Å²) < 4.78 is 17.2. The van der Waals surface area contributed by atoms with Crippen LogP contribution in [-0.2, 0) is 22.4 Å². The molecule has 0 unspecified atom stereocenters. The lowest BCUT2D eigenvalue weighted by Crippen LogP contribution is -2.46. The summed E-state index contributed by atoms with van der Waals surface area (Å²) in [5, 5.41) is 0. The maximum Gasteiger partial charge on any atom is 0.257 e. The molecule has 41 heavy (non-hydrogen) atoms. The van der Waals surface area contributed by atoms with E-state index in [1.54, 1.807) is 14.2 Å². The first-order chi connectivity index (χ1) is 20.1. The minimum Gasteiger partial charge on any atom is -0.496 e. The lowest BCUT2D eigenvalue weighted by atomic mass is 10.0. The van der Waals surface area contributed by atoms with Gasteiger partial charge in [0, 0.05) is 32.3 Å². The smallest absolute Gasteiger partial charge is 0.257 e. The van der Waals surface area contributed by atoms with E-state index >= 15 is 0 Å². The molecular weight excluding hydrogens is 516 g/mol. The normalized spacial score (nSPS) is 16.8. The van der Waals surface area contributed by atoms with Gasteiger partial charge >= 0.3 is 0 Å². The second-order valence-corrected chi connectivity index (χ2v) is 10.4. The highest BCUT2D eigenvalue weighted by molar-refractivity contribution is 5.97. The molecule has 0 aliphatic carbocycles. The van der Waals surface area contributed by atoms with Crippen molar-refractivity contribution in [1.29, 1.82) is 0 Å². The topological polar surface area (TPSA) is 68.3 Å². The summed E-state index contributed by atoms with van der Waals surface area (Å²) in [6.07, 6.45) is 4.62. The van der Waals surface area contributed by atoms with Crippen LogP contribution in [0.1, 0.15) is 47.2 Å². The third-order valence-electron chi connectivity index (χ3n) is 7.59. The summed E-state index contributed by atoms with van der Waals surface area (Å²) in [5.74, 6) is 1.23. The molecule has 2 amide bonds. The van der Waals surface area contributed by atoms with E-state index in [0.717, 1.165) is 36.8 Å². The van der Waals surface area contributed by atoms with Crippen molar-refractivity contribution in [3.8, 4) is 11.5 Å². The van der Waals surface area contributed by atoms with E-state index in [-0.39, 0.29) is 30.9 Å². The molecule has 1 heterocycles. The average molecular weight is 559 g/mol. The second-order valence-electron chi connectivity index (χ2n) is 10.4. The molecule has 0 spiro atoms. The monoisotopic (exact) mass is 558 g/mol. The standard InChI is InChI=1S/C34H42N2O5/c1-39-23-22-35-20-12-3-4-13-21-36(33(37)25-28-16-8-10-18-31(28)40-2)29(24-27-14-6-5-7-15-27)26-41-32-19-11-9-17-30(32)34(35)38/h5-11,14-19,29H,3-4,12-13,20-26H2,1-2H3/t29-/m0/s1. The second kappa shape index (κ2) is 15.8. The van der Waals surface area contributed by atoms with Gasteiger partial charge in [0.15, 0.2) is 0 Å². The molecule has 3 aromatic carbocycles. The van der Waals surface area contributed by atoms with Gasteiger partial charge in [-0.05, 0) is 43.0 Å². The van der Waals surface area contributed by atoms with E-state index in [4.69, 9.17) is 14.2 Å². The maximum atomic E-state index is 14.0. The minimum absolute atomic E-state index is 0.0428. The van der Waals surface area contributed by atoms with Crippen LogP contribution in [0.15, 0.2) is 78.9 Å². The van der Waals surface area contributed by atoms with Crippen LogP contribution in [0.2, 0.25) is 0 Å². The molecule has 0 N–H and O–H groups in total. The molecule has 0 saturated carbocycles. The number of hydrogen-bond donors (Lipinski definition) is 0. The molecule has 0 saturated heterocycles. The van der Waals surface area contributed by atoms with Crippen LogP contribution in [-0.4, -0.2) is 74.7 Å². The predicted molar refractivity (Wildman–Crippen MR) is 161 cm³/mol. The molecule has 0 aromatic heterocycles. The molecule has 0 radical (unpaired) electrons. The van der Waals surface area contributed by atoms with E-state index in [1.165, 1.54) is 0 Å². The van der Waals surface area contributed by atoms with Gasteiger partial charge in [-0.25, -0.2) is 0 Å². The largest absolute Gasteiger partial charge is 0.496 e. The Hall–Kier alpha value is -3.84. The Labute approximate surface area is 244 Å². The molecule has 7 heteroatoms. The molecule has 218 valence electrons. The van der Waals surface area contributed by atoms with Crippen molar-refractivity contribution >= 4 is 11.8 Å². The molecule has 1 atom stereocenters. The number of methoxy groups -OCH3 is 2. The number of carbonyl (C=O) groups is 2. The zero-order valence-corrected chi connectivity index (χ0v) is 24.3. The Bertz CT molecular complexity index is 1250. The highest BCUT2D eigenvalue weighted by Gasteiger charge is 2.27. The summed E-state index contributed by atoms with van der Waals surface area (Å²) in [4.78, 5) is 31.4. The van der Waals surface area contributed by atoms with Gasteiger partial charge in [0.05, 0.1) is 31.7 Å². The number of ether oxygens (including phenoxy) is 3. The number of hydrogen-bond acceptors (Lipinski definition) is 5. The number of amides is 2. The summed E-state index contributed by atoms with van der Waals surface area (Å²) >= 11 is 0. The van der Waals surface area contributed by atoms with Crippen LogP contribution in [0.25, 0.3) is 0 Å². The number of carbonyl (C=O) groups excluding carboxylic acids is 2. The van der Waals surface area contributed by atoms with Gasteiger partial charge < -0.3 is 24.0 Å². The highest BCUT2D eigenvalue weighted by Crippen LogP contribution is 2.24. The summed E-state index contributed by atoms with van der Waals surface area (Å²) in [6.45, 7) is 2.59. The van der Waals surface area contributed by atoms with Crippen molar-refractivity contribution in [2.75, 3.05) is 47.1 Å². The van der Waals surface area contributed by atoms with Crippen LogP contribution >= 0.6 is 0 Å². The van der Waals surface area contributed by atoms with Gasteiger partial charge in [-0.1, -0.05) is 73.5 Å². The van der Waals surface area contributed by atoms with Crippen molar-refractivity contribution in [1.82, 2.24) is 9.80 Å². The molecule has 1 aliphatic rings. The molecule has 4 rings (SSSR count). The fourth-order valence-electron chi connectivity index (χ4n) is 5.35. The molecule has 3 aromatic rings. The molecule has 0 fully saturated rings. The van der Waals surface area contributed by atoms with Gasteiger partial charge in [0.1, 0.15) is 18.1 Å². The van der Waals surface area contributed by atoms with Gasteiger partial charge in [-0.3, -0.25) is 9.59 Å². The van der Waals surface area contributed by atoms with Crippen molar-refractivity contribution < 1.29 is 23.8 Å². The van der Waals surface area contributed by atoms with Crippen LogP contribution in [0.3, 0.4) is 0 Å². The molecule has 0 bridgehead atoms. The van der Waals surface area contributed by atoms with Crippen molar-refractivity contribution in [2.24, 2.45) is 0 Å². The lowest BCUT2D eigenvalue weighted by Gasteiger charge is -2.33. The first kappa shape index (κ1) is 30.1. The number of para-hydroxylation sites is 2. The van der Waals surface area contributed by atoms with E-state index in [2.05, 4.69) is 12.1 Å². The first-order valence-corrected chi connectivity index (χ1v) is 14.6. The van der Waals surface area contributed by atoms with Gasteiger partial charge in [0.25, 0.3) is 5.91 Å².